The van der Waals surface area contributed by atoms with E-state index in [9.17, 15) is 5.11 Å². The topological polar surface area (TPSA) is 32.3 Å². The van der Waals surface area contributed by atoms with Crippen LogP contribution in [0.1, 0.15) is 91.9 Å². The van der Waals surface area contributed by atoms with E-state index in [1.54, 1.807) is 5.57 Å². The number of aliphatic hydroxyl groups excluding tert-OH is 1. The summed E-state index contributed by atoms with van der Waals surface area (Å²) in [6.45, 7) is 11.6. The molecule has 5 fully saturated rings. The Balaban J connectivity index is 1.28. The molecule has 0 aromatic heterocycles. The van der Waals surface area contributed by atoms with Crippen LogP contribution in [0.15, 0.2) is 11.6 Å². The van der Waals surface area contributed by atoms with E-state index < -0.39 is 0 Å². The molecule has 0 aromatic carbocycles. The Morgan fingerprint density at radius 3 is 2.63 bits per heavy atom. The Bertz CT molecular complexity index is 735. The van der Waals surface area contributed by atoms with Crippen LogP contribution in [0.2, 0.25) is 0 Å². The molecule has 4 saturated carbocycles. The monoisotopic (exact) mass is 411 g/mol. The maximum Gasteiger partial charge on any atom is 0.0577 e. The lowest BCUT2D eigenvalue weighted by Crippen LogP contribution is -2.56. The fraction of sp³-hybridized carbons (Fsp3) is 0.929. The lowest BCUT2D eigenvalue weighted by molar-refractivity contribution is -0.0614. The van der Waals surface area contributed by atoms with Crippen molar-refractivity contribution >= 4 is 0 Å². The van der Waals surface area contributed by atoms with E-state index in [4.69, 9.17) is 0 Å². The van der Waals surface area contributed by atoms with Gasteiger partial charge in [-0.15, -0.1) is 0 Å². The number of rotatable bonds is 0. The normalized spacial score (nSPS) is 59.8. The molecule has 0 bridgehead atoms. The van der Waals surface area contributed by atoms with Gasteiger partial charge in [0.2, 0.25) is 0 Å². The molecule has 2 nitrogen and oxygen atoms in total. The van der Waals surface area contributed by atoms with Crippen molar-refractivity contribution in [1.29, 1.82) is 0 Å². The van der Waals surface area contributed by atoms with Crippen molar-refractivity contribution in [3.63, 3.8) is 0 Å². The van der Waals surface area contributed by atoms with Crippen molar-refractivity contribution < 1.29 is 5.11 Å². The molecule has 6 rings (SSSR count). The van der Waals surface area contributed by atoms with Crippen molar-refractivity contribution in [2.75, 3.05) is 6.54 Å². The zero-order valence-electron chi connectivity index (χ0n) is 19.9. The molecule has 1 saturated heterocycles. The van der Waals surface area contributed by atoms with Gasteiger partial charge in [-0.2, -0.15) is 0 Å². The van der Waals surface area contributed by atoms with Crippen LogP contribution in [-0.4, -0.2) is 23.3 Å². The lowest BCUT2D eigenvalue weighted by Gasteiger charge is -2.59. The summed E-state index contributed by atoms with van der Waals surface area (Å²) in [6, 6.07) is 0. The molecule has 168 valence electrons. The fourth-order valence-corrected chi connectivity index (χ4v) is 10.7. The average molecular weight is 412 g/mol. The zero-order chi connectivity index (χ0) is 20.9. The van der Waals surface area contributed by atoms with E-state index in [1.165, 1.54) is 57.9 Å². The molecule has 2 heteroatoms. The largest absolute Gasteiger partial charge is 0.393 e. The Hall–Kier alpha value is -0.340. The van der Waals surface area contributed by atoms with E-state index in [0.29, 0.717) is 16.4 Å². The maximum absolute atomic E-state index is 10.3. The number of aliphatic hydroxyl groups is 1. The molecule has 11 atom stereocenters. The van der Waals surface area contributed by atoms with Crippen molar-refractivity contribution in [2.24, 2.45) is 52.3 Å². The third-order valence-electron chi connectivity index (χ3n) is 12.3. The first-order valence-electron chi connectivity index (χ1n) is 13.4. The quantitative estimate of drug-likeness (QED) is 0.483. The van der Waals surface area contributed by atoms with E-state index in [1.807, 2.05) is 0 Å². The molecular formula is C28H45NO. The number of piperidine rings is 1. The van der Waals surface area contributed by atoms with Crippen LogP contribution in [-0.2, 0) is 0 Å². The molecule has 30 heavy (non-hydrogen) atoms. The Kier molecular flexibility index (Phi) is 4.46. The zero-order valence-corrected chi connectivity index (χ0v) is 19.9. The SMILES string of the molecule is CC1CCC2(CC3CC4C5CC=C6CC(O)CCC6(C)C5CCC4(C)C3C2C)NC1. The molecule has 6 aliphatic rings. The fourth-order valence-electron chi connectivity index (χ4n) is 10.7. The molecule has 5 aliphatic carbocycles. The van der Waals surface area contributed by atoms with Gasteiger partial charge in [0, 0.05) is 5.54 Å². The highest BCUT2D eigenvalue weighted by molar-refractivity contribution is 5.26. The minimum Gasteiger partial charge on any atom is -0.393 e. The van der Waals surface area contributed by atoms with Gasteiger partial charge >= 0.3 is 0 Å². The minimum absolute atomic E-state index is 0.0803. The van der Waals surface area contributed by atoms with Gasteiger partial charge in [-0.1, -0.05) is 39.3 Å². The first-order chi connectivity index (χ1) is 14.3. The van der Waals surface area contributed by atoms with Gasteiger partial charge in [0.05, 0.1) is 6.10 Å². The summed E-state index contributed by atoms with van der Waals surface area (Å²) in [6.07, 6.45) is 15.7. The molecule has 1 aliphatic heterocycles. The molecule has 0 radical (unpaired) electrons. The summed E-state index contributed by atoms with van der Waals surface area (Å²) in [4.78, 5) is 0. The van der Waals surface area contributed by atoms with E-state index >= 15 is 0 Å². The van der Waals surface area contributed by atoms with Crippen LogP contribution in [0.4, 0.5) is 0 Å². The molecule has 0 aromatic rings. The standard InChI is InChI=1S/C28H45NO/c1-17-7-12-28(29-16-17)15-19-13-24-22-6-5-20-14-21(30)8-10-26(20,3)23(22)9-11-27(24,4)25(19)18(28)2/h5,17-19,21-25,29-30H,6-16H2,1-4H3. The smallest absolute Gasteiger partial charge is 0.0577 e. The lowest BCUT2D eigenvalue weighted by atomic mass is 9.46. The van der Waals surface area contributed by atoms with Crippen molar-refractivity contribution in [3.8, 4) is 0 Å². The first kappa shape index (κ1) is 20.3. The summed E-state index contributed by atoms with van der Waals surface area (Å²) in [5.41, 5.74) is 3.03. The third-order valence-corrected chi connectivity index (χ3v) is 12.3. The summed E-state index contributed by atoms with van der Waals surface area (Å²) in [7, 11) is 0. The molecule has 1 heterocycles. The second-order valence-corrected chi connectivity index (χ2v) is 13.4. The van der Waals surface area contributed by atoms with E-state index in [2.05, 4.69) is 39.1 Å². The Labute approximate surface area is 184 Å². The Morgan fingerprint density at radius 2 is 1.87 bits per heavy atom. The first-order valence-corrected chi connectivity index (χ1v) is 13.4. The van der Waals surface area contributed by atoms with Crippen molar-refractivity contribution in [2.45, 2.75) is 104 Å². The summed E-state index contributed by atoms with van der Waals surface area (Å²) in [5.74, 6) is 6.32. The number of hydrogen-bond donors (Lipinski definition) is 2. The molecule has 11 unspecified atom stereocenters. The van der Waals surface area contributed by atoms with Crippen LogP contribution in [0.25, 0.3) is 0 Å². The third kappa shape index (κ3) is 2.56. The van der Waals surface area contributed by atoms with Gasteiger partial charge in [0.25, 0.3) is 0 Å². The van der Waals surface area contributed by atoms with Gasteiger partial charge in [0.1, 0.15) is 0 Å². The number of fused-ring (bicyclic) bond motifs is 7. The molecule has 1 spiro atoms. The summed E-state index contributed by atoms with van der Waals surface area (Å²) in [5, 5.41) is 14.4. The van der Waals surface area contributed by atoms with Crippen LogP contribution < -0.4 is 5.32 Å². The second kappa shape index (κ2) is 6.60. The molecule has 2 N–H and O–H groups in total. The molecule has 0 amide bonds. The van der Waals surface area contributed by atoms with Gasteiger partial charge < -0.3 is 10.4 Å². The van der Waals surface area contributed by atoms with Crippen LogP contribution in [0.5, 0.6) is 0 Å². The number of allylic oxidation sites excluding steroid dienone is 1. The van der Waals surface area contributed by atoms with Crippen molar-refractivity contribution in [1.82, 2.24) is 5.32 Å². The number of hydrogen-bond acceptors (Lipinski definition) is 2. The van der Waals surface area contributed by atoms with E-state index in [-0.39, 0.29) is 6.10 Å². The highest BCUT2D eigenvalue weighted by Gasteiger charge is 2.66. The van der Waals surface area contributed by atoms with Crippen LogP contribution in [0, 0.1) is 52.3 Å². The second-order valence-electron chi connectivity index (χ2n) is 13.4. The van der Waals surface area contributed by atoms with Gasteiger partial charge in [-0.05, 0) is 123 Å². The minimum atomic E-state index is -0.0803. The predicted molar refractivity (Wildman–Crippen MR) is 123 cm³/mol. The predicted octanol–water partition coefficient (Wildman–Crippen LogP) is 5.95. The molecular weight excluding hydrogens is 366 g/mol. The highest BCUT2D eigenvalue weighted by Crippen LogP contribution is 2.72. The van der Waals surface area contributed by atoms with Crippen molar-refractivity contribution in [3.05, 3.63) is 11.6 Å². The number of nitrogens with one attached hydrogen (secondary N) is 1. The maximum atomic E-state index is 10.3. The van der Waals surface area contributed by atoms with Crippen LogP contribution >= 0.6 is 0 Å². The summed E-state index contributed by atoms with van der Waals surface area (Å²) < 4.78 is 0. The van der Waals surface area contributed by atoms with Gasteiger partial charge in [0.15, 0.2) is 0 Å². The summed E-state index contributed by atoms with van der Waals surface area (Å²) >= 11 is 0. The Morgan fingerprint density at radius 1 is 1.03 bits per heavy atom. The van der Waals surface area contributed by atoms with Crippen LogP contribution in [0.3, 0.4) is 0 Å². The highest BCUT2D eigenvalue weighted by atomic mass is 16.3. The average Bonchev–Trinajstić information content (AvgIpc) is 3.16. The van der Waals surface area contributed by atoms with Gasteiger partial charge in [-0.3, -0.25) is 0 Å². The van der Waals surface area contributed by atoms with E-state index in [0.717, 1.165) is 54.3 Å². The van der Waals surface area contributed by atoms with Gasteiger partial charge in [-0.25, -0.2) is 0 Å².